The minimum atomic E-state index is -1.85. The molecule has 24 nitrogen and oxygen atoms in total. The van der Waals surface area contributed by atoms with Gasteiger partial charge in [-0.15, -0.1) is 40.0 Å². The molecule has 1 aromatic carbocycles. The van der Waals surface area contributed by atoms with Crippen molar-refractivity contribution >= 4 is 87.0 Å². The molecule has 5 heterocycles. The smallest absolute Gasteiger partial charge is 0.352 e. The van der Waals surface area contributed by atoms with Crippen molar-refractivity contribution in [2.45, 2.75) is 42.5 Å². The van der Waals surface area contributed by atoms with Gasteiger partial charge in [-0.3, -0.25) is 44.9 Å². The molecule has 0 radical (unpaired) electrons. The average Bonchev–Trinajstić information content (AvgIpc) is 3.83. The van der Waals surface area contributed by atoms with Gasteiger partial charge in [-0.05, 0) is 37.6 Å². The molecule has 6 rings (SSSR count). The van der Waals surface area contributed by atoms with Gasteiger partial charge in [-0.1, -0.05) is 5.16 Å². The van der Waals surface area contributed by atoms with Crippen LogP contribution in [0.1, 0.15) is 46.2 Å². The first kappa shape index (κ1) is 41.1. The molecule has 58 heavy (non-hydrogen) atoms. The molecule has 27 heteroatoms. The highest BCUT2D eigenvalue weighted by Crippen LogP contribution is 2.42. The topological polar surface area (TPSA) is 359 Å². The molecule has 304 valence electrons. The van der Waals surface area contributed by atoms with Gasteiger partial charge in [0.05, 0.1) is 0 Å². The van der Waals surface area contributed by atoms with Crippen molar-refractivity contribution < 1.29 is 59.2 Å². The van der Waals surface area contributed by atoms with Crippen LogP contribution in [0.3, 0.4) is 0 Å². The predicted molar refractivity (Wildman–Crippen MR) is 200 cm³/mol. The Bertz CT molecular complexity index is 2430. The number of hydrogen-bond acceptors (Lipinski definition) is 20. The number of carboxylic acids is 1. The lowest BCUT2D eigenvalue weighted by Crippen LogP contribution is -2.71. The molecule has 3 aromatic heterocycles. The maximum absolute atomic E-state index is 13.7. The van der Waals surface area contributed by atoms with Gasteiger partial charge in [0.15, 0.2) is 28.2 Å². The largest absolute Gasteiger partial charge is 0.504 e. The minimum absolute atomic E-state index is 0.0137. The number of hydrogen-bond donors (Lipinski definition) is 10. The van der Waals surface area contributed by atoms with Gasteiger partial charge in [0.1, 0.15) is 40.1 Å². The number of β-lactam (4-membered cyclic amide) rings is 1. The number of aliphatic carboxylic acids is 1. The van der Waals surface area contributed by atoms with Crippen molar-refractivity contribution in [1.29, 1.82) is 0 Å². The van der Waals surface area contributed by atoms with Crippen LogP contribution in [-0.2, 0) is 30.6 Å². The number of aromatic nitrogens is 5. The number of carbonyl (C=O) groups is 6. The Balaban J connectivity index is 1.16. The van der Waals surface area contributed by atoms with Crippen molar-refractivity contribution in [2.24, 2.45) is 5.16 Å². The minimum Gasteiger partial charge on any atom is -0.504 e. The number of carbonyl (C=O) groups excluding carboxylic acids is 5. The molecular weight excluding hydrogens is 829 g/mol. The fourth-order valence-electron chi connectivity index (χ4n) is 5.20. The highest BCUT2D eigenvalue weighted by atomic mass is 32.2. The van der Waals surface area contributed by atoms with Crippen LogP contribution < -0.4 is 27.4 Å². The molecule has 4 aromatic rings. The second-order valence-corrected chi connectivity index (χ2v) is 15.4. The molecule has 0 aliphatic carbocycles. The summed E-state index contributed by atoms with van der Waals surface area (Å²) in [6, 6.07) is 3.27. The monoisotopic (exact) mass is 858 g/mol. The van der Waals surface area contributed by atoms with Crippen molar-refractivity contribution in [3.63, 3.8) is 0 Å². The van der Waals surface area contributed by atoms with E-state index >= 15 is 0 Å². The molecule has 0 unspecified atom stereocenters. The molecule has 0 saturated carbocycles. The quantitative estimate of drug-likeness (QED) is 0.0142. The van der Waals surface area contributed by atoms with E-state index in [9.17, 15) is 49.2 Å². The lowest BCUT2D eigenvalue weighted by atomic mass is 10.0. The first-order chi connectivity index (χ1) is 27.5. The number of thiazole rings is 1. The van der Waals surface area contributed by atoms with Crippen molar-refractivity contribution in [3.8, 4) is 11.5 Å². The first-order valence-electron chi connectivity index (χ1n) is 16.3. The number of nitrogens with zero attached hydrogens (tertiary/aromatic N) is 7. The Kier molecular flexibility index (Phi) is 11.7. The summed E-state index contributed by atoms with van der Waals surface area (Å²) in [7, 11) is 0. The lowest BCUT2D eigenvalue weighted by molar-refractivity contribution is -0.150. The molecule has 2 atom stereocenters. The molecule has 0 bridgehead atoms. The number of amides is 5. The summed E-state index contributed by atoms with van der Waals surface area (Å²) in [4.78, 5) is 95.8. The number of fused-ring (bicyclic) bond motifs is 2. The van der Waals surface area contributed by atoms with Gasteiger partial charge in [-0.25, -0.2) is 20.2 Å². The molecule has 2 aliphatic heterocycles. The summed E-state index contributed by atoms with van der Waals surface area (Å²) in [5.74, 6) is -6.96. The molecule has 2 aliphatic rings. The number of aromatic hydroxyl groups is 2. The highest BCUT2D eigenvalue weighted by molar-refractivity contribution is 8.01. The number of aliphatic hydroxyl groups is 1. The Labute approximate surface area is 336 Å². The Morgan fingerprint density at radius 2 is 1.83 bits per heavy atom. The van der Waals surface area contributed by atoms with Gasteiger partial charge in [-0.2, -0.15) is 9.50 Å². The number of carboxylic acid groups (broad SMARTS) is 1. The number of thioether (sulfide) groups is 2. The van der Waals surface area contributed by atoms with E-state index in [2.05, 4.69) is 41.4 Å². The second-order valence-electron chi connectivity index (χ2n) is 12.4. The third-order valence-electron chi connectivity index (χ3n) is 8.15. The normalized spacial score (nSPS) is 16.7. The third-order valence-corrected chi connectivity index (χ3v) is 11.2. The van der Waals surface area contributed by atoms with Crippen LogP contribution in [0.15, 0.2) is 51.1 Å². The zero-order chi connectivity index (χ0) is 42.1. The summed E-state index contributed by atoms with van der Waals surface area (Å²) in [5.41, 5.74) is 8.72. The SMILES string of the molecule is CC(C)(O/N=C(\C(=O)N[C@@H]1C(=O)N2C(C(=O)O)=C(CSc3cc(C(=O)NO)nc4nc(CO)nn34)CS[C@H]12)c1csc(N)n1)C(=O)NNC(=O)c1ccc(O)c(O)c1. The van der Waals surface area contributed by atoms with E-state index < -0.39 is 76.3 Å². The number of phenolic OH excluding ortho intramolecular Hbond substituents is 2. The fraction of sp³-hybridized carbons (Fsp3) is 0.258. The van der Waals surface area contributed by atoms with Gasteiger partial charge in [0.2, 0.25) is 5.60 Å². The number of nitrogens with one attached hydrogen (secondary N) is 4. The Hall–Kier alpha value is -6.55. The summed E-state index contributed by atoms with van der Waals surface area (Å²) in [6.45, 7) is 1.98. The predicted octanol–water partition coefficient (Wildman–Crippen LogP) is -1.32. The Morgan fingerprint density at radius 3 is 2.48 bits per heavy atom. The highest BCUT2D eigenvalue weighted by Gasteiger charge is 2.54. The van der Waals surface area contributed by atoms with Crippen molar-refractivity contribution in [1.82, 2.24) is 51.1 Å². The van der Waals surface area contributed by atoms with Crippen molar-refractivity contribution in [3.05, 3.63) is 63.7 Å². The number of oxime groups is 1. The van der Waals surface area contributed by atoms with Gasteiger partial charge in [0, 0.05) is 28.5 Å². The van der Waals surface area contributed by atoms with Crippen LogP contribution in [0.4, 0.5) is 5.13 Å². The molecule has 1 saturated heterocycles. The zero-order valence-corrected chi connectivity index (χ0v) is 32.1. The molecular formula is C31H30N12O12S3. The molecule has 11 N–H and O–H groups in total. The van der Waals surface area contributed by atoms with Gasteiger partial charge >= 0.3 is 5.97 Å². The number of hydrazine groups is 1. The summed E-state index contributed by atoms with van der Waals surface area (Å²) >= 11 is 3.13. The summed E-state index contributed by atoms with van der Waals surface area (Å²) in [5, 5.41) is 59.3. The van der Waals surface area contributed by atoms with Crippen LogP contribution in [0, 0.1) is 0 Å². The number of rotatable bonds is 13. The van der Waals surface area contributed by atoms with Crippen LogP contribution in [0.25, 0.3) is 5.78 Å². The standard InChI is InChI=1S/C31H30N12O12S3/c1-31(2,28(53)38-37-22(47)11-3-4-15(45)16(46)5-11)55-41-19(14-10-58-29(32)33-14)24(49)36-20-25(50)42-21(27(51)52)12(9-57-26(20)42)8-56-18-6-13(23(48)40-54)34-30-35-17(7-44)39-43(18)30/h3-6,10,20,26,44-46,54H,7-9H2,1-2H3,(H2,32,33)(H,36,49)(H,37,47)(H,38,53)(H,40,48)(H,51,52)/b41-19-/t20-,26-/m1/s1. The van der Waals surface area contributed by atoms with Gasteiger partial charge in [0.25, 0.3) is 35.3 Å². The zero-order valence-electron chi connectivity index (χ0n) is 29.7. The number of nitrogen functional groups attached to an aromatic ring is 1. The fourth-order valence-corrected chi connectivity index (χ4v) is 8.22. The molecule has 0 spiro atoms. The van der Waals surface area contributed by atoms with E-state index in [1.807, 2.05) is 0 Å². The van der Waals surface area contributed by atoms with E-state index in [0.717, 1.165) is 51.9 Å². The third kappa shape index (κ3) is 8.27. The number of phenols is 2. The molecule has 5 amide bonds. The number of aliphatic hydroxyl groups excluding tert-OH is 1. The van der Waals surface area contributed by atoms with Crippen molar-refractivity contribution in [2.75, 3.05) is 17.2 Å². The summed E-state index contributed by atoms with van der Waals surface area (Å²) < 4.78 is 1.22. The van der Waals surface area contributed by atoms with E-state index in [0.29, 0.717) is 5.57 Å². The maximum Gasteiger partial charge on any atom is 0.352 e. The van der Waals surface area contributed by atoms with Crippen LogP contribution in [-0.4, -0.2) is 125 Å². The van der Waals surface area contributed by atoms with E-state index in [1.165, 1.54) is 41.4 Å². The lowest BCUT2D eigenvalue weighted by Gasteiger charge is -2.49. The second kappa shape index (κ2) is 16.5. The van der Waals surface area contributed by atoms with Gasteiger partial charge < -0.3 is 36.3 Å². The van der Waals surface area contributed by atoms with E-state index in [4.69, 9.17) is 15.8 Å². The van der Waals surface area contributed by atoms with Crippen LogP contribution in [0.5, 0.6) is 11.5 Å². The summed E-state index contributed by atoms with van der Waals surface area (Å²) in [6.07, 6.45) is 0. The number of anilines is 1. The molecule has 1 fully saturated rings. The van der Waals surface area contributed by atoms with E-state index in [-0.39, 0.29) is 55.9 Å². The van der Waals surface area contributed by atoms with Crippen LogP contribution >= 0.6 is 34.9 Å². The average molecular weight is 859 g/mol. The first-order valence-corrected chi connectivity index (χ1v) is 19.2. The van der Waals surface area contributed by atoms with Crippen LogP contribution in [0.2, 0.25) is 0 Å². The van der Waals surface area contributed by atoms with E-state index in [1.54, 1.807) is 0 Å². The maximum atomic E-state index is 13.7. The number of benzene rings is 1. The Morgan fingerprint density at radius 1 is 1.07 bits per heavy atom. The number of nitrogens with two attached hydrogens (primary N) is 1. The number of hydroxylamine groups is 1.